The normalized spacial score (nSPS) is 12.9. The van der Waals surface area contributed by atoms with E-state index in [0.29, 0.717) is 5.89 Å². The van der Waals surface area contributed by atoms with Crippen LogP contribution in [0.3, 0.4) is 0 Å². The first-order valence-corrected chi connectivity index (χ1v) is 8.12. The third kappa shape index (κ3) is 4.27. The number of thiophene rings is 1. The van der Waals surface area contributed by atoms with Crippen molar-refractivity contribution in [1.29, 1.82) is 0 Å². The number of carbonyl (C=O) groups excluding carboxylic acids is 1. The number of amides is 1. The predicted molar refractivity (Wildman–Crippen MR) is 81.6 cm³/mol. The van der Waals surface area contributed by atoms with Crippen molar-refractivity contribution < 1.29 is 26.8 Å². The van der Waals surface area contributed by atoms with E-state index >= 15 is 0 Å². The second-order valence-corrected chi connectivity index (χ2v) is 5.85. The summed E-state index contributed by atoms with van der Waals surface area (Å²) in [4.78, 5) is 11.9. The van der Waals surface area contributed by atoms with E-state index in [1.807, 2.05) is 16.1 Å². The van der Waals surface area contributed by atoms with Crippen LogP contribution in [0.4, 0.5) is 13.2 Å². The zero-order chi connectivity index (χ0) is 17.9. The molecule has 0 saturated carbocycles. The molecule has 0 aromatic carbocycles. The molecule has 132 valence electrons. The topological polar surface area (TPSA) is 81.2 Å². The highest BCUT2D eigenvalue weighted by molar-refractivity contribution is 7.08. The molecular weight excluding hydrogens is 359 g/mol. The van der Waals surface area contributed by atoms with Crippen LogP contribution in [0.15, 0.2) is 44.1 Å². The van der Waals surface area contributed by atoms with Gasteiger partial charge in [-0.15, -0.1) is 10.2 Å². The number of aromatic nitrogens is 2. The van der Waals surface area contributed by atoms with E-state index in [0.717, 1.165) is 17.9 Å². The van der Waals surface area contributed by atoms with Crippen LogP contribution in [0.2, 0.25) is 0 Å². The van der Waals surface area contributed by atoms with Crippen LogP contribution in [-0.2, 0) is 11.2 Å². The van der Waals surface area contributed by atoms with Gasteiger partial charge in [0, 0.05) is 23.8 Å². The molecule has 3 aromatic heterocycles. The molecule has 0 fully saturated rings. The summed E-state index contributed by atoms with van der Waals surface area (Å²) >= 11 is 1.46. The average Bonchev–Trinajstić information content (AvgIpc) is 3.31. The number of hydrogen-bond acceptors (Lipinski definition) is 6. The maximum Gasteiger partial charge on any atom is 0.415 e. The molecule has 0 spiro atoms. The van der Waals surface area contributed by atoms with Crippen LogP contribution in [0.5, 0.6) is 0 Å². The largest absolute Gasteiger partial charge is 0.467 e. The summed E-state index contributed by atoms with van der Waals surface area (Å²) in [7, 11) is 0. The smallest absolute Gasteiger partial charge is 0.415 e. The molecule has 0 aliphatic carbocycles. The van der Waals surface area contributed by atoms with E-state index in [1.54, 1.807) is 6.07 Å². The molecular formula is C15H12F3N3O3S. The Morgan fingerprint density at radius 1 is 1.32 bits per heavy atom. The zero-order valence-electron chi connectivity index (χ0n) is 12.6. The molecule has 1 atom stereocenters. The lowest BCUT2D eigenvalue weighted by Crippen LogP contribution is -2.38. The Hall–Kier alpha value is -2.62. The number of hydrogen-bond donors (Lipinski definition) is 1. The van der Waals surface area contributed by atoms with Gasteiger partial charge in [-0.25, -0.2) is 0 Å². The summed E-state index contributed by atoms with van der Waals surface area (Å²) in [5.41, 5.74) is 0.753. The number of halogens is 3. The molecule has 0 unspecified atom stereocenters. The summed E-state index contributed by atoms with van der Waals surface area (Å²) in [6.07, 6.45) is -3.74. The van der Waals surface area contributed by atoms with Gasteiger partial charge in [0.2, 0.25) is 17.7 Å². The van der Waals surface area contributed by atoms with Crippen molar-refractivity contribution in [2.75, 3.05) is 0 Å². The first-order chi connectivity index (χ1) is 11.9. The second-order valence-electron chi connectivity index (χ2n) is 5.07. The fraction of sp³-hybridized carbons (Fsp3) is 0.267. The van der Waals surface area contributed by atoms with Gasteiger partial charge < -0.3 is 14.2 Å². The van der Waals surface area contributed by atoms with Crippen molar-refractivity contribution in [2.24, 2.45) is 0 Å². The van der Waals surface area contributed by atoms with Gasteiger partial charge in [-0.3, -0.25) is 4.79 Å². The predicted octanol–water partition coefficient (Wildman–Crippen LogP) is 3.74. The standard InChI is InChI=1S/C15H12F3N3O3S/c16-15(17,18)13(10-2-1-6-23-10)19-11(22)3-4-12-20-21-14(24-12)9-5-7-25-8-9/h1-2,5-8,13H,3-4H2,(H,19,22)/t13-/m1/s1. The van der Waals surface area contributed by atoms with Crippen LogP contribution in [-0.4, -0.2) is 22.3 Å². The average molecular weight is 371 g/mol. The van der Waals surface area contributed by atoms with Gasteiger partial charge in [0.1, 0.15) is 5.76 Å². The first kappa shape index (κ1) is 17.2. The number of nitrogens with zero attached hydrogens (tertiary/aromatic N) is 2. The third-order valence-corrected chi connectivity index (χ3v) is 3.94. The summed E-state index contributed by atoms with van der Waals surface area (Å²) in [5, 5.41) is 13.2. The van der Waals surface area contributed by atoms with Crippen LogP contribution in [0.25, 0.3) is 11.5 Å². The highest BCUT2D eigenvalue weighted by atomic mass is 32.1. The number of aryl methyl sites for hydroxylation is 1. The van der Waals surface area contributed by atoms with Gasteiger partial charge in [0.25, 0.3) is 0 Å². The summed E-state index contributed by atoms with van der Waals surface area (Å²) < 4.78 is 49.3. The summed E-state index contributed by atoms with van der Waals surface area (Å²) in [6.45, 7) is 0. The molecule has 3 aromatic rings. The minimum atomic E-state index is -4.66. The van der Waals surface area contributed by atoms with Crippen molar-refractivity contribution in [2.45, 2.75) is 25.1 Å². The van der Waals surface area contributed by atoms with Gasteiger partial charge in [0.15, 0.2) is 6.04 Å². The van der Waals surface area contributed by atoms with Crippen molar-refractivity contribution in [3.8, 4) is 11.5 Å². The fourth-order valence-electron chi connectivity index (χ4n) is 2.08. The minimum absolute atomic E-state index is 0.0334. The van der Waals surface area contributed by atoms with Crippen LogP contribution < -0.4 is 5.32 Å². The molecule has 3 heterocycles. The summed E-state index contributed by atoms with van der Waals surface area (Å²) in [5.74, 6) is -0.689. The SMILES string of the molecule is O=C(CCc1nnc(-c2ccsc2)o1)N[C@H](c1ccco1)C(F)(F)F. The van der Waals surface area contributed by atoms with Crippen LogP contribution in [0.1, 0.15) is 24.1 Å². The van der Waals surface area contributed by atoms with E-state index in [9.17, 15) is 18.0 Å². The Morgan fingerprint density at radius 3 is 2.80 bits per heavy atom. The van der Waals surface area contributed by atoms with E-state index in [-0.39, 0.29) is 24.5 Å². The molecule has 3 rings (SSSR count). The van der Waals surface area contributed by atoms with Gasteiger partial charge in [-0.05, 0) is 23.6 Å². The van der Waals surface area contributed by atoms with Crippen molar-refractivity contribution in [3.05, 3.63) is 46.9 Å². The quantitative estimate of drug-likeness (QED) is 0.714. The minimum Gasteiger partial charge on any atom is -0.467 e. The lowest BCUT2D eigenvalue weighted by molar-refractivity contribution is -0.166. The molecule has 1 N–H and O–H groups in total. The third-order valence-electron chi connectivity index (χ3n) is 3.26. The lowest BCUT2D eigenvalue weighted by atomic mass is 10.2. The van der Waals surface area contributed by atoms with E-state index < -0.39 is 18.1 Å². The molecule has 6 nitrogen and oxygen atoms in total. The maximum atomic E-state index is 13.1. The lowest BCUT2D eigenvalue weighted by Gasteiger charge is -2.19. The Balaban J connectivity index is 1.59. The van der Waals surface area contributed by atoms with Crippen molar-refractivity contribution in [1.82, 2.24) is 15.5 Å². The molecule has 0 aliphatic heterocycles. The monoisotopic (exact) mass is 371 g/mol. The van der Waals surface area contributed by atoms with Gasteiger partial charge >= 0.3 is 6.18 Å². The molecule has 0 bridgehead atoms. The number of alkyl halides is 3. The van der Waals surface area contributed by atoms with Gasteiger partial charge in [-0.1, -0.05) is 0 Å². The molecule has 1 amide bonds. The van der Waals surface area contributed by atoms with Crippen LogP contribution >= 0.6 is 11.3 Å². The van der Waals surface area contributed by atoms with E-state index in [4.69, 9.17) is 8.83 Å². The molecule has 0 aliphatic rings. The van der Waals surface area contributed by atoms with Crippen LogP contribution in [0, 0.1) is 0 Å². The van der Waals surface area contributed by atoms with Crippen molar-refractivity contribution in [3.63, 3.8) is 0 Å². The Morgan fingerprint density at radius 2 is 2.16 bits per heavy atom. The highest BCUT2D eigenvalue weighted by Gasteiger charge is 2.43. The number of furan rings is 1. The second kappa shape index (κ2) is 7.09. The summed E-state index contributed by atoms with van der Waals surface area (Å²) in [6, 6.07) is 2.08. The highest BCUT2D eigenvalue weighted by Crippen LogP contribution is 2.33. The number of nitrogens with one attached hydrogen (secondary N) is 1. The number of carbonyl (C=O) groups is 1. The molecule has 0 radical (unpaired) electrons. The van der Waals surface area contributed by atoms with E-state index in [2.05, 4.69) is 10.2 Å². The molecule has 0 saturated heterocycles. The number of rotatable bonds is 6. The van der Waals surface area contributed by atoms with E-state index in [1.165, 1.54) is 17.4 Å². The zero-order valence-corrected chi connectivity index (χ0v) is 13.4. The van der Waals surface area contributed by atoms with Gasteiger partial charge in [0.05, 0.1) is 6.26 Å². The maximum absolute atomic E-state index is 13.1. The first-order valence-electron chi connectivity index (χ1n) is 7.18. The van der Waals surface area contributed by atoms with Gasteiger partial charge in [-0.2, -0.15) is 24.5 Å². The molecule has 10 heteroatoms. The Bertz CT molecular complexity index is 813. The molecule has 25 heavy (non-hydrogen) atoms. The fourth-order valence-corrected chi connectivity index (χ4v) is 2.71. The Labute approximate surface area is 143 Å². The Kier molecular flexibility index (Phi) is 4.88. The van der Waals surface area contributed by atoms with Crippen molar-refractivity contribution >= 4 is 17.2 Å².